The van der Waals surface area contributed by atoms with E-state index in [0.717, 1.165) is 50.4 Å². The fraction of sp³-hybridized carbons (Fsp3) is 0.423. The smallest absolute Gasteiger partial charge is 0.255 e. The second-order valence-electron chi connectivity index (χ2n) is 8.64. The molecule has 4 rings (SSSR count). The number of hydrogen-bond acceptors (Lipinski definition) is 5. The Morgan fingerprint density at radius 2 is 2.06 bits per heavy atom. The zero-order valence-electron chi connectivity index (χ0n) is 19.7. The lowest BCUT2D eigenvalue weighted by Gasteiger charge is -2.37. The largest absolute Gasteiger partial charge is 0.496 e. The van der Waals surface area contributed by atoms with Gasteiger partial charge in [0.1, 0.15) is 5.75 Å². The van der Waals surface area contributed by atoms with Crippen molar-refractivity contribution < 1.29 is 9.53 Å². The maximum absolute atomic E-state index is 13.3. The first kappa shape index (κ1) is 23.0. The standard InChI is InChI=1S/C26H33N5O2/c1-4-31-18-21(19(2)29-31)17-30-15-9-10-20(16-30)25(23-12-7-8-14-27-23)28-26(32)22-11-5-6-13-24(22)33-3/h5-8,11-14,18,20,25H,4,9-10,15-17H2,1-3H3,(H,28,32)/t20-,25-/m1/s1. The molecule has 1 fully saturated rings. The van der Waals surface area contributed by atoms with Crippen molar-refractivity contribution in [2.75, 3.05) is 20.2 Å². The number of aryl methyl sites for hydroxylation is 2. The van der Waals surface area contributed by atoms with Gasteiger partial charge in [-0.2, -0.15) is 5.10 Å². The summed E-state index contributed by atoms with van der Waals surface area (Å²) in [5.74, 6) is 0.692. The van der Waals surface area contributed by atoms with E-state index in [1.807, 2.05) is 41.1 Å². The third-order valence-electron chi connectivity index (χ3n) is 6.42. The van der Waals surface area contributed by atoms with Gasteiger partial charge in [0.05, 0.1) is 30.1 Å². The quantitative estimate of drug-likeness (QED) is 0.565. The highest BCUT2D eigenvalue weighted by Gasteiger charge is 2.31. The summed E-state index contributed by atoms with van der Waals surface area (Å²) in [5, 5.41) is 7.88. The Morgan fingerprint density at radius 1 is 1.24 bits per heavy atom. The van der Waals surface area contributed by atoms with E-state index in [4.69, 9.17) is 4.74 Å². The van der Waals surface area contributed by atoms with Gasteiger partial charge in [-0.1, -0.05) is 18.2 Å². The number of methoxy groups -OCH3 is 1. The third kappa shape index (κ3) is 5.42. The SMILES string of the molecule is CCn1cc(CN2CCC[C@@H]([C@@H](NC(=O)c3ccccc3OC)c3ccccn3)C2)c(C)n1. The minimum Gasteiger partial charge on any atom is -0.496 e. The van der Waals surface area contributed by atoms with Crippen molar-refractivity contribution >= 4 is 5.91 Å². The summed E-state index contributed by atoms with van der Waals surface area (Å²) in [7, 11) is 1.59. The molecular weight excluding hydrogens is 414 g/mol. The molecule has 1 aliphatic heterocycles. The summed E-state index contributed by atoms with van der Waals surface area (Å²) >= 11 is 0. The molecule has 33 heavy (non-hydrogen) atoms. The van der Waals surface area contributed by atoms with Crippen LogP contribution in [0.15, 0.2) is 54.9 Å². The topological polar surface area (TPSA) is 72.3 Å². The molecule has 2 atom stereocenters. The average Bonchev–Trinajstić information content (AvgIpc) is 3.22. The first-order valence-corrected chi connectivity index (χ1v) is 11.7. The molecule has 3 aromatic rings. The molecule has 0 aliphatic carbocycles. The van der Waals surface area contributed by atoms with Gasteiger partial charge in [-0.3, -0.25) is 19.4 Å². The first-order chi connectivity index (χ1) is 16.1. The molecule has 3 heterocycles. The molecule has 7 nitrogen and oxygen atoms in total. The van der Waals surface area contributed by atoms with Gasteiger partial charge in [0.15, 0.2) is 0 Å². The number of para-hydroxylation sites is 1. The molecule has 0 spiro atoms. The summed E-state index contributed by atoms with van der Waals surface area (Å²) < 4.78 is 7.41. The normalized spacial score (nSPS) is 17.5. The van der Waals surface area contributed by atoms with E-state index in [9.17, 15) is 4.79 Å². The Morgan fingerprint density at radius 3 is 2.79 bits per heavy atom. The molecule has 7 heteroatoms. The van der Waals surface area contributed by atoms with Crippen LogP contribution < -0.4 is 10.1 Å². The monoisotopic (exact) mass is 447 g/mol. The van der Waals surface area contributed by atoms with Crippen LogP contribution in [0.3, 0.4) is 0 Å². The number of ether oxygens (including phenoxy) is 1. The van der Waals surface area contributed by atoms with Crippen LogP contribution >= 0.6 is 0 Å². The van der Waals surface area contributed by atoms with Crippen LogP contribution in [-0.2, 0) is 13.1 Å². The molecule has 0 unspecified atom stereocenters. The average molecular weight is 448 g/mol. The molecule has 1 amide bonds. The van der Waals surface area contributed by atoms with E-state index in [1.54, 1.807) is 19.4 Å². The summed E-state index contributed by atoms with van der Waals surface area (Å²) in [6, 6.07) is 13.0. The third-order valence-corrected chi connectivity index (χ3v) is 6.42. The zero-order valence-corrected chi connectivity index (χ0v) is 19.7. The molecular formula is C26H33N5O2. The Hall–Kier alpha value is -3.19. The summed E-state index contributed by atoms with van der Waals surface area (Å²) in [5.41, 5.74) is 3.79. The van der Waals surface area contributed by atoms with E-state index >= 15 is 0 Å². The highest BCUT2D eigenvalue weighted by molar-refractivity contribution is 5.97. The number of benzene rings is 1. The molecule has 0 radical (unpaired) electrons. The highest BCUT2D eigenvalue weighted by Crippen LogP contribution is 2.31. The van der Waals surface area contributed by atoms with Gasteiger partial charge in [-0.15, -0.1) is 0 Å². The van der Waals surface area contributed by atoms with Gasteiger partial charge in [-0.05, 0) is 63.4 Å². The van der Waals surface area contributed by atoms with Gasteiger partial charge in [0.2, 0.25) is 0 Å². The fourth-order valence-corrected chi connectivity index (χ4v) is 4.67. The first-order valence-electron chi connectivity index (χ1n) is 11.7. The van der Waals surface area contributed by atoms with E-state index in [-0.39, 0.29) is 17.9 Å². The lowest BCUT2D eigenvalue weighted by atomic mass is 9.88. The van der Waals surface area contributed by atoms with Gasteiger partial charge < -0.3 is 10.1 Å². The van der Waals surface area contributed by atoms with Crippen molar-refractivity contribution in [1.82, 2.24) is 25.0 Å². The number of nitrogens with one attached hydrogen (secondary N) is 1. The number of aromatic nitrogens is 3. The second-order valence-corrected chi connectivity index (χ2v) is 8.64. The molecule has 2 aromatic heterocycles. The highest BCUT2D eigenvalue weighted by atomic mass is 16.5. The molecule has 1 aliphatic rings. The Kier molecular flexibility index (Phi) is 7.40. The number of carbonyl (C=O) groups is 1. The van der Waals surface area contributed by atoms with Crippen molar-refractivity contribution in [3.8, 4) is 5.75 Å². The van der Waals surface area contributed by atoms with Gasteiger partial charge in [0.25, 0.3) is 5.91 Å². The van der Waals surface area contributed by atoms with E-state index in [2.05, 4.69) is 40.3 Å². The van der Waals surface area contributed by atoms with Crippen LogP contribution in [0.25, 0.3) is 0 Å². The Bertz CT molecular complexity index is 1070. The number of likely N-dealkylation sites (tertiary alicyclic amines) is 1. The number of carbonyl (C=O) groups excluding carboxylic acids is 1. The lowest BCUT2D eigenvalue weighted by Crippen LogP contribution is -2.43. The van der Waals surface area contributed by atoms with E-state index < -0.39 is 0 Å². The van der Waals surface area contributed by atoms with Crippen LogP contribution in [0.2, 0.25) is 0 Å². The minimum absolute atomic E-state index is 0.139. The minimum atomic E-state index is -0.175. The van der Waals surface area contributed by atoms with Crippen molar-refractivity contribution in [3.05, 3.63) is 77.4 Å². The van der Waals surface area contributed by atoms with Crippen LogP contribution in [0, 0.1) is 12.8 Å². The van der Waals surface area contributed by atoms with Gasteiger partial charge in [0, 0.05) is 37.6 Å². The maximum Gasteiger partial charge on any atom is 0.255 e. The molecule has 1 aromatic carbocycles. The number of nitrogens with zero attached hydrogens (tertiary/aromatic N) is 4. The number of rotatable bonds is 8. The molecule has 0 saturated carbocycles. The molecule has 0 bridgehead atoms. The van der Waals surface area contributed by atoms with E-state index in [0.29, 0.717) is 11.3 Å². The zero-order chi connectivity index (χ0) is 23.2. The molecule has 1 saturated heterocycles. The number of pyridine rings is 1. The van der Waals surface area contributed by atoms with Gasteiger partial charge in [-0.25, -0.2) is 0 Å². The summed E-state index contributed by atoms with van der Waals surface area (Å²) in [6.07, 6.45) is 6.07. The second kappa shape index (κ2) is 10.6. The van der Waals surface area contributed by atoms with Crippen LogP contribution in [0.5, 0.6) is 5.75 Å². The van der Waals surface area contributed by atoms with Crippen molar-refractivity contribution in [1.29, 1.82) is 0 Å². The van der Waals surface area contributed by atoms with Gasteiger partial charge >= 0.3 is 0 Å². The Labute approximate surface area is 195 Å². The van der Waals surface area contributed by atoms with Crippen LogP contribution in [0.1, 0.15) is 53.1 Å². The number of piperidine rings is 1. The number of hydrogen-bond donors (Lipinski definition) is 1. The fourth-order valence-electron chi connectivity index (χ4n) is 4.67. The van der Waals surface area contributed by atoms with Crippen molar-refractivity contribution in [2.45, 2.75) is 45.8 Å². The van der Waals surface area contributed by atoms with Crippen LogP contribution in [-0.4, -0.2) is 45.8 Å². The molecule has 1 N–H and O–H groups in total. The van der Waals surface area contributed by atoms with Crippen LogP contribution in [0.4, 0.5) is 0 Å². The predicted molar refractivity (Wildman–Crippen MR) is 128 cm³/mol. The van der Waals surface area contributed by atoms with Crippen molar-refractivity contribution in [2.24, 2.45) is 5.92 Å². The predicted octanol–water partition coefficient (Wildman–Crippen LogP) is 4.00. The lowest BCUT2D eigenvalue weighted by molar-refractivity contribution is 0.0872. The Balaban J connectivity index is 1.54. The van der Waals surface area contributed by atoms with E-state index in [1.165, 1.54) is 5.56 Å². The summed E-state index contributed by atoms with van der Waals surface area (Å²) in [6.45, 7) is 7.87. The maximum atomic E-state index is 13.3. The summed E-state index contributed by atoms with van der Waals surface area (Å²) in [4.78, 5) is 20.3. The molecule has 174 valence electrons. The number of amides is 1. The van der Waals surface area contributed by atoms with Crippen molar-refractivity contribution in [3.63, 3.8) is 0 Å².